The van der Waals surface area contributed by atoms with Crippen LogP contribution in [-0.2, 0) is 0 Å². The van der Waals surface area contributed by atoms with Crippen LogP contribution >= 0.6 is 34.5 Å². The highest BCUT2D eigenvalue weighted by atomic mass is 35.5. The summed E-state index contributed by atoms with van der Waals surface area (Å²) in [5.74, 6) is -0.539. The smallest absolute Gasteiger partial charge is 0.141 e. The fourth-order valence-electron chi connectivity index (χ4n) is 4.34. The van der Waals surface area contributed by atoms with Crippen molar-refractivity contribution >= 4 is 68.6 Å². The van der Waals surface area contributed by atoms with Crippen molar-refractivity contribution in [1.82, 2.24) is 25.9 Å². The van der Waals surface area contributed by atoms with E-state index in [-0.39, 0.29) is 22.7 Å². The molecule has 42 heavy (non-hydrogen) atoms. The van der Waals surface area contributed by atoms with Crippen LogP contribution in [0.1, 0.15) is 30.0 Å². The lowest BCUT2D eigenvalue weighted by Crippen LogP contribution is -2.42. The summed E-state index contributed by atoms with van der Waals surface area (Å²) in [7, 11) is 0. The average molecular weight is 622 g/mol. The number of nitrogens with zero attached hydrogens (tertiary/aromatic N) is 4. The highest BCUT2D eigenvalue weighted by Gasteiger charge is 2.24. The third-order valence-corrected chi connectivity index (χ3v) is 7.98. The first-order chi connectivity index (χ1) is 20.1. The summed E-state index contributed by atoms with van der Waals surface area (Å²) < 4.78 is 13.8. The molecular formula is C30H27Cl2FN8S. The van der Waals surface area contributed by atoms with Gasteiger partial charge in [-0.15, -0.1) is 16.9 Å². The molecule has 2 aromatic heterocycles. The lowest BCUT2D eigenvalue weighted by atomic mass is 10.0. The van der Waals surface area contributed by atoms with Gasteiger partial charge in [-0.1, -0.05) is 35.9 Å². The fraction of sp³-hybridized carbons (Fsp3) is 0.167. The molecule has 12 heteroatoms. The second-order valence-electron chi connectivity index (χ2n) is 9.87. The molecule has 0 fully saturated rings. The molecule has 5 rings (SSSR count). The van der Waals surface area contributed by atoms with Crippen molar-refractivity contribution in [3.05, 3.63) is 104 Å². The maximum Gasteiger partial charge on any atom is 0.141 e. The van der Waals surface area contributed by atoms with Crippen molar-refractivity contribution in [1.29, 1.82) is 5.26 Å². The number of halogens is 3. The van der Waals surface area contributed by atoms with E-state index in [1.807, 2.05) is 41.9 Å². The van der Waals surface area contributed by atoms with Crippen LogP contribution in [-0.4, -0.2) is 27.1 Å². The molecule has 0 unspecified atom stereocenters. The van der Waals surface area contributed by atoms with Crippen molar-refractivity contribution in [3.8, 4) is 6.07 Å². The summed E-state index contributed by atoms with van der Waals surface area (Å²) in [5.41, 5.74) is 13.1. The number of aryl methyl sites for hydroxylation is 1. The molecule has 0 amide bonds. The molecule has 0 spiro atoms. The van der Waals surface area contributed by atoms with Gasteiger partial charge in [-0.2, -0.15) is 5.26 Å². The molecule has 0 radical (unpaired) electrons. The summed E-state index contributed by atoms with van der Waals surface area (Å²) in [6.07, 6.45) is 7.31. The second-order valence-corrected chi connectivity index (χ2v) is 11.7. The lowest BCUT2D eigenvalue weighted by Gasteiger charge is -2.22. The van der Waals surface area contributed by atoms with Crippen LogP contribution in [0.15, 0.2) is 72.2 Å². The number of pyridine rings is 1. The Bertz CT molecular complexity index is 1780. The van der Waals surface area contributed by atoms with Crippen LogP contribution in [0, 0.1) is 24.1 Å². The van der Waals surface area contributed by atoms with Crippen molar-refractivity contribution in [2.75, 3.05) is 10.6 Å². The molecule has 1 atom stereocenters. The standard InChI is InChI=1S/C30H27Cl2FN8S/c1-16(2)41-14-27(39-40-41)28(17(3)5-8-26-18(4)42-15-36-26)38-21-9-22-29(37-20-6-7-25(33)23(31)10-20)19(12-34)13-35-30(22)24(32)11-21/h5-11,13-16,28,38-40H,3H2,1-2,4H3,(H,35,37)/b8-5-/t28-/m0/s1. The molecule has 0 saturated carbocycles. The van der Waals surface area contributed by atoms with E-state index >= 15 is 0 Å². The zero-order valence-corrected chi connectivity index (χ0v) is 25.3. The number of hydrazine groups is 2. The predicted octanol–water partition coefficient (Wildman–Crippen LogP) is 7.69. The van der Waals surface area contributed by atoms with Gasteiger partial charge in [0.15, 0.2) is 0 Å². The number of nitriles is 1. The molecular weight excluding hydrogens is 594 g/mol. The van der Waals surface area contributed by atoms with E-state index in [1.54, 1.807) is 23.5 Å². The second kappa shape index (κ2) is 12.4. The Kier molecular flexibility index (Phi) is 8.66. The summed E-state index contributed by atoms with van der Waals surface area (Å²) in [6, 6.07) is 9.88. The van der Waals surface area contributed by atoms with E-state index in [2.05, 4.69) is 58.1 Å². The quantitative estimate of drug-likeness (QED) is 0.141. The zero-order valence-electron chi connectivity index (χ0n) is 23.0. The Morgan fingerprint density at radius 1 is 1.19 bits per heavy atom. The molecule has 4 N–H and O–H groups in total. The summed E-state index contributed by atoms with van der Waals surface area (Å²) in [6.45, 7) is 10.5. The number of fused-ring (bicyclic) bond motifs is 1. The molecule has 4 aromatic rings. The Balaban J connectivity index is 1.55. The van der Waals surface area contributed by atoms with Crippen molar-refractivity contribution < 1.29 is 4.39 Å². The van der Waals surface area contributed by atoms with Gasteiger partial charge in [0.05, 0.1) is 49.8 Å². The van der Waals surface area contributed by atoms with E-state index in [9.17, 15) is 9.65 Å². The Morgan fingerprint density at radius 3 is 2.64 bits per heavy atom. The van der Waals surface area contributed by atoms with Gasteiger partial charge in [0, 0.05) is 40.1 Å². The Morgan fingerprint density at radius 2 is 1.98 bits per heavy atom. The minimum Gasteiger partial charge on any atom is -0.373 e. The van der Waals surface area contributed by atoms with E-state index < -0.39 is 5.82 Å². The molecule has 1 aliphatic heterocycles. The van der Waals surface area contributed by atoms with E-state index in [0.29, 0.717) is 33.0 Å². The topological polar surface area (TPSA) is 101 Å². The van der Waals surface area contributed by atoms with Crippen LogP contribution in [0.2, 0.25) is 10.0 Å². The van der Waals surface area contributed by atoms with Gasteiger partial charge in [0.25, 0.3) is 0 Å². The first-order valence-corrected chi connectivity index (χ1v) is 14.6. The number of thiazole rings is 1. The summed E-state index contributed by atoms with van der Waals surface area (Å²) in [5, 5.41) is 19.5. The van der Waals surface area contributed by atoms with E-state index in [4.69, 9.17) is 23.2 Å². The average Bonchev–Trinajstić information content (AvgIpc) is 3.62. The summed E-state index contributed by atoms with van der Waals surface area (Å²) in [4.78, 5) is 9.95. The highest BCUT2D eigenvalue weighted by Crippen LogP contribution is 2.36. The van der Waals surface area contributed by atoms with E-state index in [0.717, 1.165) is 21.8 Å². The molecule has 0 bridgehead atoms. The molecule has 8 nitrogen and oxygen atoms in total. The number of aromatic nitrogens is 2. The molecule has 2 aromatic carbocycles. The van der Waals surface area contributed by atoms with Gasteiger partial charge < -0.3 is 16.1 Å². The minimum atomic E-state index is -0.539. The zero-order chi connectivity index (χ0) is 30.0. The normalized spacial score (nSPS) is 13.8. The Labute approximate surface area is 257 Å². The highest BCUT2D eigenvalue weighted by molar-refractivity contribution is 7.09. The molecule has 0 aliphatic carbocycles. The fourth-order valence-corrected chi connectivity index (χ4v) is 5.36. The van der Waals surface area contributed by atoms with Gasteiger partial charge >= 0.3 is 0 Å². The first-order valence-electron chi connectivity index (χ1n) is 12.9. The van der Waals surface area contributed by atoms with Crippen LogP contribution < -0.4 is 21.6 Å². The van der Waals surface area contributed by atoms with Crippen LogP contribution in [0.4, 0.5) is 21.5 Å². The maximum absolute atomic E-state index is 13.8. The van der Waals surface area contributed by atoms with E-state index in [1.165, 1.54) is 18.3 Å². The summed E-state index contributed by atoms with van der Waals surface area (Å²) >= 11 is 14.3. The van der Waals surface area contributed by atoms with Gasteiger partial charge in [-0.05, 0) is 62.8 Å². The molecule has 214 valence electrons. The molecule has 1 aliphatic rings. The maximum atomic E-state index is 13.8. The van der Waals surface area contributed by atoms with Crippen molar-refractivity contribution in [2.24, 2.45) is 0 Å². The largest absolute Gasteiger partial charge is 0.373 e. The molecule has 0 saturated heterocycles. The van der Waals surface area contributed by atoms with Crippen LogP contribution in [0.25, 0.3) is 17.0 Å². The van der Waals surface area contributed by atoms with Gasteiger partial charge in [-0.25, -0.2) is 9.37 Å². The predicted molar refractivity (Wildman–Crippen MR) is 170 cm³/mol. The van der Waals surface area contributed by atoms with Crippen LogP contribution in [0.3, 0.4) is 0 Å². The SMILES string of the molecule is C=C(/C=C\c1ncsc1C)[C@H](Nc1cc(Cl)c2ncc(C#N)c(Nc3ccc(F)c(Cl)c3)c2c1)C1=CN(C(C)C)NN1. The van der Waals surface area contributed by atoms with Gasteiger partial charge in [0.2, 0.25) is 0 Å². The number of hydrogen-bond donors (Lipinski definition) is 4. The Hall–Kier alpha value is -4.14. The number of hydrogen-bond acceptors (Lipinski definition) is 9. The third-order valence-electron chi connectivity index (χ3n) is 6.63. The number of nitrogens with one attached hydrogen (secondary N) is 4. The third kappa shape index (κ3) is 6.20. The minimum absolute atomic E-state index is 0.0408. The van der Waals surface area contributed by atoms with Crippen molar-refractivity contribution in [2.45, 2.75) is 32.9 Å². The number of rotatable bonds is 9. The van der Waals surface area contributed by atoms with Gasteiger partial charge in [-0.3, -0.25) is 9.99 Å². The van der Waals surface area contributed by atoms with Crippen LogP contribution in [0.5, 0.6) is 0 Å². The number of benzene rings is 2. The monoisotopic (exact) mass is 620 g/mol. The first kappa shape index (κ1) is 29.4. The lowest BCUT2D eigenvalue weighted by molar-refractivity contribution is 0.221. The number of anilines is 3. The van der Waals surface area contributed by atoms with Crippen molar-refractivity contribution in [3.63, 3.8) is 0 Å². The van der Waals surface area contributed by atoms with Gasteiger partial charge in [0.1, 0.15) is 11.9 Å². The molecule has 3 heterocycles.